The van der Waals surface area contributed by atoms with E-state index in [4.69, 9.17) is 9.47 Å². The average molecular weight is 489 g/mol. The fourth-order valence-corrected chi connectivity index (χ4v) is 4.17. The van der Waals surface area contributed by atoms with Gasteiger partial charge in [0, 0.05) is 24.2 Å². The standard InChI is InChI=1S/C26H24N4O4S/c1-3-33-22-13-11-19(12-14-22)28-24-23(10-7-15-27-24)25(32)34-16-20-17-35-26(29-20)30(18(2)31)21-8-5-4-6-9-21/h4-15,17H,3,16H2,1-2H3,(H,27,28). The highest BCUT2D eigenvalue weighted by molar-refractivity contribution is 7.14. The maximum absolute atomic E-state index is 12.8. The summed E-state index contributed by atoms with van der Waals surface area (Å²) in [6.07, 6.45) is 1.60. The Morgan fingerprint density at radius 2 is 1.80 bits per heavy atom. The lowest BCUT2D eigenvalue weighted by molar-refractivity contribution is -0.115. The SMILES string of the molecule is CCOc1ccc(Nc2ncccc2C(=O)OCc2csc(N(C(C)=O)c3ccccc3)n2)cc1. The molecule has 4 aromatic rings. The van der Waals surface area contributed by atoms with Gasteiger partial charge in [0.25, 0.3) is 0 Å². The molecule has 0 radical (unpaired) electrons. The van der Waals surface area contributed by atoms with Gasteiger partial charge in [0.15, 0.2) is 5.13 Å². The van der Waals surface area contributed by atoms with E-state index in [1.54, 1.807) is 23.7 Å². The first-order chi connectivity index (χ1) is 17.0. The summed E-state index contributed by atoms with van der Waals surface area (Å²) in [6, 6.07) is 20.0. The molecule has 0 aliphatic rings. The van der Waals surface area contributed by atoms with Gasteiger partial charge in [0.1, 0.15) is 23.7 Å². The third-order valence-corrected chi connectivity index (χ3v) is 5.74. The van der Waals surface area contributed by atoms with Crippen LogP contribution in [0.3, 0.4) is 0 Å². The molecule has 35 heavy (non-hydrogen) atoms. The lowest BCUT2D eigenvalue weighted by Crippen LogP contribution is -2.22. The number of rotatable bonds is 9. The van der Waals surface area contributed by atoms with Crippen molar-refractivity contribution in [2.75, 3.05) is 16.8 Å². The summed E-state index contributed by atoms with van der Waals surface area (Å²) < 4.78 is 11.0. The highest BCUT2D eigenvalue weighted by Crippen LogP contribution is 2.29. The summed E-state index contributed by atoms with van der Waals surface area (Å²) in [5, 5.41) is 5.42. The molecule has 0 aliphatic carbocycles. The number of para-hydroxylation sites is 1. The average Bonchev–Trinajstić information content (AvgIpc) is 3.33. The van der Waals surface area contributed by atoms with Crippen LogP contribution >= 0.6 is 11.3 Å². The molecular weight excluding hydrogens is 464 g/mol. The predicted molar refractivity (Wildman–Crippen MR) is 136 cm³/mol. The van der Waals surface area contributed by atoms with Gasteiger partial charge in [-0.05, 0) is 55.5 Å². The Kier molecular flexibility index (Phi) is 7.69. The maximum atomic E-state index is 12.8. The summed E-state index contributed by atoms with van der Waals surface area (Å²) in [5.41, 5.74) is 2.32. The van der Waals surface area contributed by atoms with Crippen molar-refractivity contribution in [2.45, 2.75) is 20.5 Å². The zero-order chi connectivity index (χ0) is 24.6. The summed E-state index contributed by atoms with van der Waals surface area (Å²) in [6.45, 7) is 3.96. The molecule has 2 heterocycles. The van der Waals surface area contributed by atoms with Gasteiger partial charge in [-0.3, -0.25) is 9.69 Å². The Hall–Kier alpha value is -4.24. The second-order valence-electron chi connectivity index (χ2n) is 7.37. The van der Waals surface area contributed by atoms with E-state index in [0.717, 1.165) is 17.1 Å². The van der Waals surface area contributed by atoms with E-state index in [1.165, 1.54) is 23.2 Å². The predicted octanol–water partition coefficient (Wildman–Crippen LogP) is 5.72. The fraction of sp³-hybridized carbons (Fsp3) is 0.154. The number of nitrogens with zero attached hydrogens (tertiary/aromatic N) is 3. The van der Waals surface area contributed by atoms with Crippen LogP contribution in [0.25, 0.3) is 0 Å². The van der Waals surface area contributed by atoms with Crippen LogP contribution in [-0.4, -0.2) is 28.5 Å². The van der Waals surface area contributed by atoms with E-state index in [-0.39, 0.29) is 12.5 Å². The zero-order valence-electron chi connectivity index (χ0n) is 19.3. The number of nitrogens with one attached hydrogen (secondary N) is 1. The van der Waals surface area contributed by atoms with Crippen molar-refractivity contribution in [3.63, 3.8) is 0 Å². The molecular formula is C26H24N4O4S. The number of carbonyl (C=O) groups excluding carboxylic acids is 2. The quantitative estimate of drug-likeness (QED) is 0.301. The van der Waals surface area contributed by atoms with Crippen molar-refractivity contribution < 1.29 is 19.1 Å². The number of thiazole rings is 1. The van der Waals surface area contributed by atoms with Gasteiger partial charge in [-0.25, -0.2) is 14.8 Å². The topological polar surface area (TPSA) is 93.7 Å². The van der Waals surface area contributed by atoms with Crippen LogP contribution in [0, 0.1) is 0 Å². The molecule has 0 bridgehead atoms. The van der Waals surface area contributed by atoms with Crippen molar-refractivity contribution in [2.24, 2.45) is 0 Å². The Labute approximate surface area is 207 Å². The smallest absolute Gasteiger partial charge is 0.342 e. The minimum Gasteiger partial charge on any atom is -0.494 e. The summed E-state index contributed by atoms with van der Waals surface area (Å²) in [7, 11) is 0. The Bertz CT molecular complexity index is 1290. The second-order valence-corrected chi connectivity index (χ2v) is 8.21. The van der Waals surface area contributed by atoms with Crippen molar-refractivity contribution in [1.82, 2.24) is 9.97 Å². The van der Waals surface area contributed by atoms with Crippen molar-refractivity contribution in [3.05, 3.63) is 89.6 Å². The molecule has 4 rings (SSSR count). The molecule has 9 heteroatoms. The Morgan fingerprint density at radius 1 is 1.03 bits per heavy atom. The van der Waals surface area contributed by atoms with E-state index in [1.807, 2.05) is 61.5 Å². The first-order valence-corrected chi connectivity index (χ1v) is 11.8. The number of amides is 1. The number of benzene rings is 2. The van der Waals surface area contributed by atoms with Crippen molar-refractivity contribution in [1.29, 1.82) is 0 Å². The molecule has 0 saturated carbocycles. The minimum atomic E-state index is -0.535. The van der Waals surface area contributed by atoms with Crippen LogP contribution in [0.15, 0.2) is 78.3 Å². The fourth-order valence-electron chi connectivity index (χ4n) is 3.29. The van der Waals surface area contributed by atoms with Crippen LogP contribution in [-0.2, 0) is 16.1 Å². The highest BCUT2D eigenvalue weighted by atomic mass is 32.1. The monoisotopic (exact) mass is 488 g/mol. The molecule has 0 fully saturated rings. The van der Waals surface area contributed by atoms with Gasteiger partial charge in [-0.15, -0.1) is 11.3 Å². The maximum Gasteiger partial charge on any atom is 0.342 e. The third-order valence-electron chi connectivity index (χ3n) is 4.87. The van der Waals surface area contributed by atoms with Gasteiger partial charge < -0.3 is 14.8 Å². The number of carbonyl (C=O) groups is 2. The van der Waals surface area contributed by atoms with Gasteiger partial charge in [-0.1, -0.05) is 18.2 Å². The zero-order valence-corrected chi connectivity index (χ0v) is 20.1. The molecule has 2 aromatic carbocycles. The van der Waals surface area contributed by atoms with Gasteiger partial charge in [-0.2, -0.15) is 0 Å². The molecule has 178 valence electrons. The molecule has 0 saturated heterocycles. The van der Waals surface area contributed by atoms with E-state index in [9.17, 15) is 9.59 Å². The first kappa shape index (κ1) is 23.9. The molecule has 0 unspecified atom stereocenters. The van der Waals surface area contributed by atoms with Crippen LogP contribution in [0.5, 0.6) is 5.75 Å². The Morgan fingerprint density at radius 3 is 2.51 bits per heavy atom. The number of esters is 1. The molecule has 0 aliphatic heterocycles. The number of hydrogen-bond acceptors (Lipinski definition) is 8. The van der Waals surface area contributed by atoms with E-state index in [0.29, 0.717) is 28.8 Å². The molecule has 1 amide bonds. The summed E-state index contributed by atoms with van der Waals surface area (Å²) in [4.78, 5) is 35.4. The highest BCUT2D eigenvalue weighted by Gasteiger charge is 2.19. The van der Waals surface area contributed by atoms with Gasteiger partial charge in [0.05, 0.1) is 18.0 Å². The lowest BCUT2D eigenvalue weighted by Gasteiger charge is -2.17. The second kappa shape index (κ2) is 11.3. The molecule has 0 spiro atoms. The van der Waals surface area contributed by atoms with E-state index in [2.05, 4.69) is 15.3 Å². The summed E-state index contributed by atoms with van der Waals surface area (Å²) in [5.74, 6) is 0.450. The van der Waals surface area contributed by atoms with Crippen LogP contribution in [0.4, 0.5) is 22.3 Å². The molecule has 2 aromatic heterocycles. The molecule has 1 N–H and O–H groups in total. The Balaban J connectivity index is 1.43. The summed E-state index contributed by atoms with van der Waals surface area (Å²) >= 11 is 1.31. The van der Waals surface area contributed by atoms with Crippen LogP contribution < -0.4 is 15.0 Å². The number of anilines is 4. The van der Waals surface area contributed by atoms with Crippen LogP contribution in [0.2, 0.25) is 0 Å². The van der Waals surface area contributed by atoms with E-state index < -0.39 is 5.97 Å². The number of aromatic nitrogens is 2. The molecule has 0 atom stereocenters. The normalized spacial score (nSPS) is 10.5. The van der Waals surface area contributed by atoms with Crippen molar-refractivity contribution in [3.8, 4) is 5.75 Å². The van der Waals surface area contributed by atoms with Crippen molar-refractivity contribution >= 4 is 45.5 Å². The number of hydrogen-bond donors (Lipinski definition) is 1. The molecule has 8 nitrogen and oxygen atoms in total. The largest absolute Gasteiger partial charge is 0.494 e. The third kappa shape index (κ3) is 6.01. The van der Waals surface area contributed by atoms with Gasteiger partial charge >= 0.3 is 5.97 Å². The lowest BCUT2D eigenvalue weighted by atomic mass is 10.2. The van der Waals surface area contributed by atoms with E-state index >= 15 is 0 Å². The number of ether oxygens (including phenoxy) is 2. The van der Waals surface area contributed by atoms with Gasteiger partial charge in [0.2, 0.25) is 5.91 Å². The first-order valence-electron chi connectivity index (χ1n) is 11.0. The number of pyridine rings is 1. The van der Waals surface area contributed by atoms with Crippen LogP contribution in [0.1, 0.15) is 29.9 Å². The minimum absolute atomic E-state index is 0.0345.